The lowest BCUT2D eigenvalue weighted by molar-refractivity contribution is 0.610. The van der Waals surface area contributed by atoms with Crippen molar-refractivity contribution in [2.75, 3.05) is 0 Å². The standard InChI is InChI=1S/C13H16FN3S/c1-8-6-12(10(9(2)15)7-11(8)14)18-13-16-4-5-17(13)3/h4-7,9H,15H2,1-3H3. The molecule has 0 bridgehead atoms. The Bertz CT molecular complexity index is 563. The Labute approximate surface area is 110 Å². The van der Waals surface area contributed by atoms with E-state index in [1.165, 1.54) is 17.8 Å². The lowest BCUT2D eigenvalue weighted by atomic mass is 10.1. The molecule has 0 saturated heterocycles. The van der Waals surface area contributed by atoms with Crippen LogP contribution in [0.2, 0.25) is 0 Å². The summed E-state index contributed by atoms with van der Waals surface area (Å²) in [5.41, 5.74) is 7.33. The van der Waals surface area contributed by atoms with E-state index in [1.54, 1.807) is 13.1 Å². The van der Waals surface area contributed by atoms with Gasteiger partial charge in [-0.15, -0.1) is 0 Å². The summed E-state index contributed by atoms with van der Waals surface area (Å²) in [4.78, 5) is 5.21. The SMILES string of the molecule is Cc1cc(Sc2nccn2C)c(C(C)N)cc1F. The molecule has 18 heavy (non-hydrogen) atoms. The van der Waals surface area contributed by atoms with E-state index in [0.29, 0.717) is 5.56 Å². The van der Waals surface area contributed by atoms with Gasteiger partial charge in [-0.25, -0.2) is 9.37 Å². The minimum absolute atomic E-state index is 0.206. The molecule has 0 amide bonds. The molecule has 1 heterocycles. The Kier molecular flexibility index (Phi) is 3.73. The van der Waals surface area contributed by atoms with Crippen molar-refractivity contribution < 1.29 is 4.39 Å². The second-order valence-electron chi connectivity index (χ2n) is 4.35. The van der Waals surface area contributed by atoms with Crippen molar-refractivity contribution in [3.8, 4) is 0 Å². The fourth-order valence-electron chi connectivity index (χ4n) is 1.66. The van der Waals surface area contributed by atoms with E-state index < -0.39 is 0 Å². The topological polar surface area (TPSA) is 43.8 Å². The summed E-state index contributed by atoms with van der Waals surface area (Å²) in [6.45, 7) is 3.61. The van der Waals surface area contributed by atoms with E-state index in [9.17, 15) is 4.39 Å². The van der Waals surface area contributed by atoms with Crippen molar-refractivity contribution in [1.82, 2.24) is 9.55 Å². The van der Waals surface area contributed by atoms with Crippen molar-refractivity contribution in [2.24, 2.45) is 12.8 Å². The van der Waals surface area contributed by atoms with Crippen LogP contribution in [0.3, 0.4) is 0 Å². The monoisotopic (exact) mass is 265 g/mol. The van der Waals surface area contributed by atoms with E-state index in [1.807, 2.05) is 30.8 Å². The van der Waals surface area contributed by atoms with Crippen molar-refractivity contribution in [3.05, 3.63) is 41.5 Å². The van der Waals surface area contributed by atoms with Gasteiger partial charge in [-0.2, -0.15) is 0 Å². The molecule has 0 aliphatic rings. The number of hydrogen-bond acceptors (Lipinski definition) is 3. The quantitative estimate of drug-likeness (QED) is 0.927. The van der Waals surface area contributed by atoms with Gasteiger partial charge < -0.3 is 10.3 Å². The maximum absolute atomic E-state index is 13.6. The minimum Gasteiger partial charge on any atom is -0.329 e. The number of aryl methyl sites for hydroxylation is 2. The number of aromatic nitrogens is 2. The van der Waals surface area contributed by atoms with Crippen molar-refractivity contribution in [3.63, 3.8) is 0 Å². The summed E-state index contributed by atoms with van der Waals surface area (Å²) in [5, 5.41) is 0.864. The molecular weight excluding hydrogens is 249 g/mol. The Morgan fingerprint density at radius 2 is 2.17 bits per heavy atom. The van der Waals surface area contributed by atoms with Crippen LogP contribution in [0.1, 0.15) is 24.1 Å². The van der Waals surface area contributed by atoms with Crippen molar-refractivity contribution in [1.29, 1.82) is 0 Å². The highest BCUT2D eigenvalue weighted by molar-refractivity contribution is 7.99. The van der Waals surface area contributed by atoms with Gasteiger partial charge in [0.05, 0.1) is 0 Å². The zero-order valence-corrected chi connectivity index (χ0v) is 11.5. The summed E-state index contributed by atoms with van der Waals surface area (Å²) < 4.78 is 15.5. The van der Waals surface area contributed by atoms with E-state index in [0.717, 1.165) is 15.6 Å². The van der Waals surface area contributed by atoms with Gasteiger partial charge in [0.15, 0.2) is 5.16 Å². The number of rotatable bonds is 3. The highest BCUT2D eigenvalue weighted by Gasteiger charge is 2.13. The second-order valence-corrected chi connectivity index (χ2v) is 5.36. The molecule has 2 rings (SSSR count). The maximum Gasteiger partial charge on any atom is 0.172 e. The Morgan fingerprint density at radius 1 is 1.44 bits per heavy atom. The van der Waals surface area contributed by atoms with Gasteiger partial charge in [-0.1, -0.05) is 11.8 Å². The van der Waals surface area contributed by atoms with Gasteiger partial charge >= 0.3 is 0 Å². The molecule has 3 nitrogen and oxygen atoms in total. The number of hydrogen-bond donors (Lipinski definition) is 1. The fraction of sp³-hybridized carbons (Fsp3) is 0.308. The van der Waals surface area contributed by atoms with Gasteiger partial charge in [0.1, 0.15) is 5.82 Å². The van der Waals surface area contributed by atoms with Gasteiger partial charge in [-0.3, -0.25) is 0 Å². The third kappa shape index (κ3) is 2.57. The predicted octanol–water partition coefficient (Wildman–Crippen LogP) is 3.04. The van der Waals surface area contributed by atoms with Gasteiger partial charge in [0.2, 0.25) is 0 Å². The first-order valence-corrected chi connectivity index (χ1v) is 6.51. The van der Waals surface area contributed by atoms with Crippen LogP contribution >= 0.6 is 11.8 Å². The highest BCUT2D eigenvalue weighted by atomic mass is 32.2. The predicted molar refractivity (Wildman–Crippen MR) is 71.1 cm³/mol. The number of nitrogens with two attached hydrogens (primary N) is 1. The largest absolute Gasteiger partial charge is 0.329 e. The zero-order valence-electron chi connectivity index (χ0n) is 10.6. The smallest absolute Gasteiger partial charge is 0.172 e. The van der Waals surface area contributed by atoms with E-state index in [4.69, 9.17) is 5.73 Å². The molecule has 1 atom stereocenters. The normalized spacial score (nSPS) is 12.7. The van der Waals surface area contributed by atoms with E-state index in [-0.39, 0.29) is 11.9 Å². The molecule has 1 aromatic heterocycles. The molecule has 5 heteroatoms. The van der Waals surface area contributed by atoms with E-state index in [2.05, 4.69) is 4.98 Å². The number of benzene rings is 1. The zero-order chi connectivity index (χ0) is 13.3. The molecule has 0 aliphatic heterocycles. The summed E-state index contributed by atoms with van der Waals surface area (Å²) in [6, 6.07) is 3.14. The fourth-order valence-corrected chi connectivity index (χ4v) is 2.78. The van der Waals surface area contributed by atoms with Crippen molar-refractivity contribution >= 4 is 11.8 Å². The number of nitrogens with zero attached hydrogens (tertiary/aromatic N) is 2. The molecule has 0 radical (unpaired) electrons. The summed E-state index contributed by atoms with van der Waals surface area (Å²) >= 11 is 1.50. The Hall–Kier alpha value is -1.33. The van der Waals surface area contributed by atoms with Gasteiger partial charge in [0.25, 0.3) is 0 Å². The lowest BCUT2D eigenvalue weighted by Gasteiger charge is -2.13. The molecule has 1 aromatic carbocycles. The number of imidazole rings is 1. The Morgan fingerprint density at radius 3 is 2.72 bits per heavy atom. The molecule has 0 aliphatic carbocycles. The van der Waals surface area contributed by atoms with Crippen LogP contribution in [0.4, 0.5) is 4.39 Å². The lowest BCUT2D eigenvalue weighted by Crippen LogP contribution is -2.08. The van der Waals surface area contributed by atoms with Crippen LogP contribution < -0.4 is 5.73 Å². The minimum atomic E-state index is -0.216. The first kappa shape index (κ1) is 13.1. The average Bonchev–Trinajstić information content (AvgIpc) is 2.69. The summed E-state index contributed by atoms with van der Waals surface area (Å²) in [7, 11) is 1.93. The number of halogens is 1. The van der Waals surface area contributed by atoms with Crippen molar-refractivity contribution in [2.45, 2.75) is 29.9 Å². The molecule has 0 fully saturated rings. The Balaban J connectivity index is 2.43. The van der Waals surface area contributed by atoms with Gasteiger partial charge in [0, 0.05) is 30.4 Å². The van der Waals surface area contributed by atoms with Crippen LogP contribution in [-0.4, -0.2) is 9.55 Å². The maximum atomic E-state index is 13.6. The molecule has 2 aromatic rings. The molecule has 0 spiro atoms. The van der Waals surface area contributed by atoms with Crippen LogP contribution in [0, 0.1) is 12.7 Å². The van der Waals surface area contributed by atoms with Crippen LogP contribution in [0.5, 0.6) is 0 Å². The summed E-state index contributed by atoms with van der Waals surface area (Å²) in [5.74, 6) is -0.216. The highest BCUT2D eigenvalue weighted by Crippen LogP contribution is 2.33. The van der Waals surface area contributed by atoms with Gasteiger partial charge in [-0.05, 0) is 37.1 Å². The molecule has 96 valence electrons. The summed E-state index contributed by atoms with van der Waals surface area (Å²) in [6.07, 6.45) is 3.62. The van der Waals surface area contributed by atoms with Crippen LogP contribution in [-0.2, 0) is 7.05 Å². The second kappa shape index (κ2) is 5.12. The van der Waals surface area contributed by atoms with Crippen LogP contribution in [0.25, 0.3) is 0 Å². The van der Waals surface area contributed by atoms with E-state index >= 15 is 0 Å². The first-order valence-electron chi connectivity index (χ1n) is 5.70. The molecule has 1 unspecified atom stereocenters. The van der Waals surface area contributed by atoms with Crippen LogP contribution in [0.15, 0.2) is 34.6 Å². The third-order valence-corrected chi connectivity index (χ3v) is 3.91. The third-order valence-electron chi connectivity index (χ3n) is 2.76. The molecular formula is C13H16FN3S. The first-order chi connectivity index (χ1) is 8.49. The molecule has 2 N–H and O–H groups in total. The average molecular weight is 265 g/mol. The molecule has 0 saturated carbocycles.